The van der Waals surface area contributed by atoms with Crippen molar-refractivity contribution in [2.45, 2.75) is 33.1 Å². The van der Waals surface area contributed by atoms with Gasteiger partial charge in [0, 0.05) is 23.4 Å². The summed E-state index contributed by atoms with van der Waals surface area (Å²) < 4.78 is 11.4. The fourth-order valence-corrected chi connectivity index (χ4v) is 2.05. The first-order valence-corrected chi connectivity index (χ1v) is 7.86. The van der Waals surface area contributed by atoms with Gasteiger partial charge in [0.05, 0.1) is 5.69 Å². The highest BCUT2D eigenvalue weighted by molar-refractivity contribution is 5.93. The molecule has 0 atom stereocenters. The fraction of sp³-hybridized carbons (Fsp3) is 0.375. The van der Waals surface area contributed by atoms with Gasteiger partial charge in [-0.1, -0.05) is 25.9 Å². The Labute approximate surface area is 148 Å². The van der Waals surface area contributed by atoms with Crippen molar-refractivity contribution < 1.29 is 18.8 Å². The summed E-state index contributed by atoms with van der Waals surface area (Å²) in [7, 11) is 0. The van der Waals surface area contributed by atoms with Gasteiger partial charge >= 0.3 is 5.97 Å². The minimum atomic E-state index is -0.821. The van der Waals surface area contributed by atoms with Crippen LogP contribution in [0.4, 0.5) is 5.88 Å². The molecule has 26 heavy (non-hydrogen) atoms. The Hall–Kier alpha value is -3.30. The highest BCUT2D eigenvalue weighted by atomic mass is 16.5. The molecular weight excluding hydrogens is 340 g/mol. The molecule has 0 bridgehead atoms. The van der Waals surface area contributed by atoms with Crippen molar-refractivity contribution in [3.63, 3.8) is 0 Å². The van der Waals surface area contributed by atoms with Crippen LogP contribution in [0.15, 0.2) is 22.9 Å². The second kappa shape index (κ2) is 6.54. The molecule has 136 valence electrons. The molecule has 10 heteroatoms. The van der Waals surface area contributed by atoms with Crippen LogP contribution in [0.3, 0.4) is 0 Å². The van der Waals surface area contributed by atoms with E-state index in [4.69, 9.17) is 9.26 Å². The lowest BCUT2D eigenvalue weighted by atomic mass is 9.92. The van der Waals surface area contributed by atoms with Crippen LogP contribution in [-0.2, 0) is 14.9 Å². The SMILES string of the molecule is Cc1ccnc2nc(C(=O)OCC(=O)Nc3cc(C(C)(C)C)no3)nn12. The number of hydrogen-bond acceptors (Lipinski definition) is 8. The highest BCUT2D eigenvalue weighted by Gasteiger charge is 2.21. The third kappa shape index (κ3) is 3.68. The number of rotatable bonds is 4. The van der Waals surface area contributed by atoms with E-state index in [0.29, 0.717) is 5.69 Å². The van der Waals surface area contributed by atoms with Crippen LogP contribution in [0, 0.1) is 6.92 Å². The number of hydrogen-bond donors (Lipinski definition) is 1. The van der Waals surface area contributed by atoms with Crippen LogP contribution < -0.4 is 5.32 Å². The van der Waals surface area contributed by atoms with E-state index in [1.54, 1.807) is 25.3 Å². The first-order chi connectivity index (χ1) is 12.2. The number of nitrogens with one attached hydrogen (secondary N) is 1. The zero-order valence-electron chi connectivity index (χ0n) is 14.8. The van der Waals surface area contributed by atoms with Crippen LogP contribution in [0.2, 0.25) is 0 Å². The Kier molecular flexibility index (Phi) is 4.41. The van der Waals surface area contributed by atoms with Gasteiger partial charge in [-0.15, -0.1) is 5.10 Å². The molecule has 0 saturated carbocycles. The average molecular weight is 358 g/mol. The summed E-state index contributed by atoms with van der Waals surface area (Å²) >= 11 is 0. The number of anilines is 1. The van der Waals surface area contributed by atoms with Crippen molar-refractivity contribution in [3.05, 3.63) is 35.5 Å². The molecule has 0 aromatic carbocycles. The lowest BCUT2D eigenvalue weighted by Crippen LogP contribution is -2.21. The molecule has 0 saturated heterocycles. The van der Waals surface area contributed by atoms with Crippen molar-refractivity contribution in [2.75, 3.05) is 11.9 Å². The molecule has 1 amide bonds. The van der Waals surface area contributed by atoms with Crippen molar-refractivity contribution in [1.82, 2.24) is 24.7 Å². The summed E-state index contributed by atoms with van der Waals surface area (Å²) in [5.74, 6) is -1.10. The molecule has 0 unspecified atom stereocenters. The molecule has 3 rings (SSSR count). The topological polar surface area (TPSA) is 125 Å². The molecule has 0 radical (unpaired) electrons. The molecule has 0 aliphatic rings. The van der Waals surface area contributed by atoms with Crippen molar-refractivity contribution in [1.29, 1.82) is 0 Å². The smallest absolute Gasteiger partial charge is 0.378 e. The van der Waals surface area contributed by atoms with E-state index in [1.807, 2.05) is 20.8 Å². The lowest BCUT2D eigenvalue weighted by Gasteiger charge is -2.12. The predicted octanol–water partition coefficient (Wildman–Crippen LogP) is 1.51. The van der Waals surface area contributed by atoms with Crippen LogP contribution in [0.1, 0.15) is 42.8 Å². The number of amides is 1. The van der Waals surface area contributed by atoms with E-state index >= 15 is 0 Å². The van der Waals surface area contributed by atoms with Crippen molar-refractivity contribution in [2.24, 2.45) is 0 Å². The van der Waals surface area contributed by atoms with Crippen LogP contribution in [0.25, 0.3) is 5.78 Å². The van der Waals surface area contributed by atoms with Crippen LogP contribution in [0.5, 0.6) is 0 Å². The molecule has 0 fully saturated rings. The maximum atomic E-state index is 12.0. The Bertz CT molecular complexity index is 969. The molecule has 3 aromatic heterocycles. The summed E-state index contributed by atoms with van der Waals surface area (Å²) in [6.45, 7) is 7.20. The molecule has 1 N–H and O–H groups in total. The largest absolute Gasteiger partial charge is 0.450 e. The number of fused-ring (bicyclic) bond motifs is 1. The number of aryl methyl sites for hydroxylation is 1. The Balaban J connectivity index is 1.59. The summed E-state index contributed by atoms with van der Waals surface area (Å²) in [5, 5.41) is 10.4. The van der Waals surface area contributed by atoms with Gasteiger partial charge in [0.15, 0.2) is 6.61 Å². The van der Waals surface area contributed by atoms with Gasteiger partial charge in [0.2, 0.25) is 5.88 Å². The summed E-state index contributed by atoms with van der Waals surface area (Å²) in [6.07, 6.45) is 1.56. The fourth-order valence-electron chi connectivity index (χ4n) is 2.05. The van der Waals surface area contributed by atoms with E-state index in [9.17, 15) is 9.59 Å². The second-order valence-corrected chi connectivity index (χ2v) is 6.68. The highest BCUT2D eigenvalue weighted by Crippen LogP contribution is 2.23. The van der Waals surface area contributed by atoms with Gasteiger partial charge < -0.3 is 9.26 Å². The maximum Gasteiger partial charge on any atom is 0.378 e. The van der Waals surface area contributed by atoms with Crippen molar-refractivity contribution >= 4 is 23.5 Å². The minimum Gasteiger partial charge on any atom is -0.450 e. The van der Waals surface area contributed by atoms with Gasteiger partial charge in [-0.2, -0.15) is 4.98 Å². The van der Waals surface area contributed by atoms with Crippen LogP contribution in [-0.4, -0.2) is 43.2 Å². The van der Waals surface area contributed by atoms with Gasteiger partial charge in [0.25, 0.3) is 17.5 Å². The second-order valence-electron chi connectivity index (χ2n) is 6.68. The minimum absolute atomic E-state index is 0.172. The summed E-state index contributed by atoms with van der Waals surface area (Å²) in [4.78, 5) is 31.9. The molecular formula is C16H18N6O4. The third-order valence-corrected chi connectivity index (χ3v) is 3.49. The number of nitrogens with zero attached hydrogens (tertiary/aromatic N) is 5. The quantitative estimate of drug-likeness (QED) is 0.696. The van der Waals surface area contributed by atoms with Gasteiger partial charge in [-0.25, -0.2) is 14.3 Å². The first-order valence-electron chi connectivity index (χ1n) is 7.86. The van der Waals surface area contributed by atoms with Gasteiger partial charge in [-0.3, -0.25) is 10.1 Å². The monoisotopic (exact) mass is 358 g/mol. The molecule has 3 heterocycles. The number of carbonyl (C=O) groups is 2. The number of esters is 1. The maximum absolute atomic E-state index is 12.0. The third-order valence-electron chi connectivity index (χ3n) is 3.49. The van der Waals surface area contributed by atoms with E-state index in [0.717, 1.165) is 5.69 Å². The van der Waals surface area contributed by atoms with E-state index in [2.05, 4.69) is 25.5 Å². The summed E-state index contributed by atoms with van der Waals surface area (Å²) in [6, 6.07) is 3.35. The molecule has 0 aliphatic carbocycles. The first kappa shape index (κ1) is 17.5. The van der Waals surface area contributed by atoms with E-state index < -0.39 is 18.5 Å². The number of aromatic nitrogens is 5. The standard InChI is InChI=1S/C16H18N6O4/c1-9-5-6-17-15-19-13(20-22(9)15)14(24)25-8-11(23)18-12-7-10(21-26-12)16(2,3)4/h5-7H,8H2,1-4H3,(H,18,23). The Morgan fingerprint density at radius 1 is 1.35 bits per heavy atom. The molecule has 0 aliphatic heterocycles. The molecule has 10 nitrogen and oxygen atoms in total. The van der Waals surface area contributed by atoms with E-state index in [-0.39, 0.29) is 22.9 Å². The Morgan fingerprint density at radius 3 is 2.77 bits per heavy atom. The molecule has 3 aromatic rings. The lowest BCUT2D eigenvalue weighted by molar-refractivity contribution is -0.119. The predicted molar refractivity (Wildman–Crippen MR) is 89.6 cm³/mol. The zero-order valence-corrected chi connectivity index (χ0v) is 14.8. The number of carbonyl (C=O) groups excluding carboxylic acids is 2. The average Bonchev–Trinajstić information content (AvgIpc) is 3.19. The Morgan fingerprint density at radius 2 is 2.12 bits per heavy atom. The van der Waals surface area contributed by atoms with E-state index in [1.165, 1.54) is 4.52 Å². The van der Waals surface area contributed by atoms with Gasteiger partial charge in [0.1, 0.15) is 0 Å². The normalized spacial score (nSPS) is 11.5. The van der Waals surface area contributed by atoms with Gasteiger partial charge in [-0.05, 0) is 13.0 Å². The summed E-state index contributed by atoms with van der Waals surface area (Å²) in [5.41, 5.74) is 1.25. The van der Waals surface area contributed by atoms with Crippen LogP contribution >= 0.6 is 0 Å². The zero-order chi connectivity index (χ0) is 18.9. The molecule has 0 spiro atoms. The number of ether oxygens (including phenoxy) is 1. The van der Waals surface area contributed by atoms with Crippen molar-refractivity contribution in [3.8, 4) is 0 Å².